The van der Waals surface area contributed by atoms with Gasteiger partial charge in [0, 0.05) is 12.6 Å². The minimum Gasteiger partial charge on any atom is -0.326 e. The summed E-state index contributed by atoms with van der Waals surface area (Å²) in [6.07, 6.45) is 0. The molecule has 0 spiro atoms. The number of hydrogen-bond donors (Lipinski definition) is 1. The summed E-state index contributed by atoms with van der Waals surface area (Å²) in [5.74, 6) is -0.371. The third-order valence-electron chi connectivity index (χ3n) is 2.89. The number of para-hydroxylation sites is 1. The van der Waals surface area contributed by atoms with Crippen LogP contribution < -0.4 is 11.3 Å². The van der Waals surface area contributed by atoms with Gasteiger partial charge in [-0.3, -0.25) is 4.79 Å². The number of nitrogens with two attached hydrogens (primary N) is 1. The fourth-order valence-corrected chi connectivity index (χ4v) is 1.95. The second-order valence-corrected chi connectivity index (χ2v) is 4.62. The predicted octanol–water partition coefficient (Wildman–Crippen LogP) is 1.95. The fraction of sp³-hybridized carbons (Fsp3) is 0.286. The molecule has 0 fully saturated rings. The molecule has 0 aliphatic rings. The highest BCUT2D eigenvalue weighted by molar-refractivity contribution is 5.33. The first-order valence-corrected chi connectivity index (χ1v) is 6.12. The lowest BCUT2D eigenvalue weighted by Crippen LogP contribution is -2.25. The molecule has 1 aromatic heterocycles. The monoisotopic (exact) mass is 261 g/mol. The lowest BCUT2D eigenvalue weighted by Gasteiger charge is -2.13. The summed E-state index contributed by atoms with van der Waals surface area (Å²) in [5, 5.41) is 4.26. The Kier molecular flexibility index (Phi) is 3.76. The van der Waals surface area contributed by atoms with Crippen LogP contribution in [0.15, 0.2) is 35.1 Å². The number of aromatic nitrogens is 2. The van der Waals surface area contributed by atoms with Crippen molar-refractivity contribution in [2.75, 3.05) is 0 Å². The zero-order valence-electron chi connectivity index (χ0n) is 10.9. The van der Waals surface area contributed by atoms with Gasteiger partial charge in [-0.2, -0.15) is 9.78 Å². The largest absolute Gasteiger partial charge is 0.326 e. The Hall–Kier alpha value is -2.01. The molecular weight excluding hydrogens is 245 g/mol. The van der Waals surface area contributed by atoms with Gasteiger partial charge in [-0.05, 0) is 23.6 Å². The van der Waals surface area contributed by atoms with E-state index in [0.29, 0.717) is 11.3 Å². The van der Waals surface area contributed by atoms with Gasteiger partial charge in [-0.15, -0.1) is 0 Å². The van der Waals surface area contributed by atoms with E-state index in [-0.39, 0.29) is 23.7 Å². The third-order valence-corrected chi connectivity index (χ3v) is 2.89. The van der Waals surface area contributed by atoms with E-state index in [1.807, 2.05) is 13.8 Å². The van der Waals surface area contributed by atoms with Crippen LogP contribution in [0.5, 0.6) is 0 Å². The maximum atomic E-state index is 13.7. The second kappa shape index (κ2) is 5.32. The smallest absolute Gasteiger partial charge is 0.271 e. The van der Waals surface area contributed by atoms with E-state index in [0.717, 1.165) is 4.68 Å². The molecule has 5 heteroatoms. The first-order valence-electron chi connectivity index (χ1n) is 6.12. The maximum absolute atomic E-state index is 13.7. The van der Waals surface area contributed by atoms with Gasteiger partial charge in [0.1, 0.15) is 11.5 Å². The molecule has 0 saturated carbocycles. The Bertz CT molecular complexity index is 649. The van der Waals surface area contributed by atoms with Crippen LogP contribution in [0.4, 0.5) is 4.39 Å². The zero-order valence-corrected chi connectivity index (χ0v) is 10.9. The quantitative estimate of drug-likeness (QED) is 0.918. The summed E-state index contributed by atoms with van der Waals surface area (Å²) in [5.41, 5.74) is 6.80. The number of nitrogens with zero attached hydrogens (tertiary/aromatic N) is 2. The molecular formula is C14H16FN3O. The van der Waals surface area contributed by atoms with Gasteiger partial charge in [-0.25, -0.2) is 4.39 Å². The molecule has 2 aromatic rings. The molecule has 0 aliphatic heterocycles. The van der Waals surface area contributed by atoms with Crippen molar-refractivity contribution in [2.24, 2.45) is 5.73 Å². The molecule has 0 unspecified atom stereocenters. The van der Waals surface area contributed by atoms with Gasteiger partial charge in [0.15, 0.2) is 0 Å². The van der Waals surface area contributed by atoms with Crippen LogP contribution in [0.25, 0.3) is 5.69 Å². The topological polar surface area (TPSA) is 60.9 Å². The summed E-state index contributed by atoms with van der Waals surface area (Å²) < 4.78 is 14.8. The van der Waals surface area contributed by atoms with Crippen molar-refractivity contribution in [1.82, 2.24) is 9.78 Å². The van der Waals surface area contributed by atoms with Crippen LogP contribution in [-0.2, 0) is 6.54 Å². The van der Waals surface area contributed by atoms with Crippen LogP contribution in [0.2, 0.25) is 0 Å². The number of benzene rings is 1. The molecule has 1 heterocycles. The predicted molar refractivity (Wildman–Crippen MR) is 71.8 cm³/mol. The van der Waals surface area contributed by atoms with E-state index in [2.05, 4.69) is 5.10 Å². The molecule has 0 saturated heterocycles. The van der Waals surface area contributed by atoms with Crippen molar-refractivity contribution in [2.45, 2.75) is 26.3 Å². The van der Waals surface area contributed by atoms with E-state index in [4.69, 9.17) is 5.73 Å². The van der Waals surface area contributed by atoms with Crippen LogP contribution >= 0.6 is 0 Å². The van der Waals surface area contributed by atoms with E-state index >= 15 is 0 Å². The number of halogens is 1. The summed E-state index contributed by atoms with van der Waals surface area (Å²) in [6.45, 7) is 4.16. The van der Waals surface area contributed by atoms with Crippen molar-refractivity contribution >= 4 is 0 Å². The highest BCUT2D eigenvalue weighted by atomic mass is 19.1. The third kappa shape index (κ3) is 2.56. The lowest BCUT2D eigenvalue weighted by atomic mass is 10.0. The standard InChI is InChI=1S/C14H16FN3O/c1-9(2)14-10(8-16)7-13(19)18(17-14)12-6-4-3-5-11(12)15/h3-7,9H,8,16H2,1-2H3. The molecule has 100 valence electrons. The molecule has 0 aliphatic carbocycles. The average molecular weight is 261 g/mol. The van der Waals surface area contributed by atoms with Gasteiger partial charge < -0.3 is 5.73 Å². The van der Waals surface area contributed by atoms with Crippen molar-refractivity contribution < 1.29 is 4.39 Å². The van der Waals surface area contributed by atoms with Crippen molar-refractivity contribution in [3.05, 3.63) is 57.8 Å². The Labute approximate surface area is 110 Å². The Morgan fingerprint density at radius 1 is 1.37 bits per heavy atom. The molecule has 0 radical (unpaired) electrons. The first kappa shape index (κ1) is 13.4. The molecule has 0 atom stereocenters. The van der Waals surface area contributed by atoms with Gasteiger partial charge in [-0.1, -0.05) is 26.0 Å². The van der Waals surface area contributed by atoms with Gasteiger partial charge in [0.2, 0.25) is 0 Å². The lowest BCUT2D eigenvalue weighted by molar-refractivity contribution is 0.597. The van der Waals surface area contributed by atoms with Crippen LogP contribution in [0.1, 0.15) is 31.0 Å². The minimum atomic E-state index is -0.479. The van der Waals surface area contributed by atoms with E-state index < -0.39 is 5.82 Å². The molecule has 0 bridgehead atoms. The number of hydrogen-bond acceptors (Lipinski definition) is 3. The summed E-state index contributed by atoms with van der Waals surface area (Å²) in [6, 6.07) is 7.49. The highest BCUT2D eigenvalue weighted by Gasteiger charge is 2.13. The maximum Gasteiger partial charge on any atom is 0.271 e. The first-order chi connectivity index (χ1) is 9.04. The van der Waals surface area contributed by atoms with Gasteiger partial charge in [0.05, 0.1) is 5.69 Å². The highest BCUT2D eigenvalue weighted by Crippen LogP contribution is 2.16. The van der Waals surface area contributed by atoms with E-state index in [1.54, 1.807) is 12.1 Å². The summed E-state index contributed by atoms with van der Waals surface area (Å²) in [7, 11) is 0. The Morgan fingerprint density at radius 2 is 2.05 bits per heavy atom. The SMILES string of the molecule is CC(C)c1nn(-c2ccccc2F)c(=O)cc1CN. The molecule has 4 nitrogen and oxygen atoms in total. The normalized spacial score (nSPS) is 11.0. The van der Waals surface area contributed by atoms with Crippen LogP contribution in [0, 0.1) is 5.82 Å². The summed E-state index contributed by atoms with van der Waals surface area (Å²) >= 11 is 0. The van der Waals surface area contributed by atoms with Crippen molar-refractivity contribution in [3.63, 3.8) is 0 Å². The van der Waals surface area contributed by atoms with Crippen molar-refractivity contribution in [3.8, 4) is 5.69 Å². The molecule has 0 amide bonds. The second-order valence-electron chi connectivity index (χ2n) is 4.62. The minimum absolute atomic E-state index is 0.108. The Morgan fingerprint density at radius 3 is 2.63 bits per heavy atom. The van der Waals surface area contributed by atoms with Gasteiger partial charge in [0.25, 0.3) is 5.56 Å². The number of rotatable bonds is 3. The molecule has 2 rings (SSSR count). The zero-order chi connectivity index (χ0) is 14.0. The van der Waals surface area contributed by atoms with E-state index in [1.165, 1.54) is 18.2 Å². The molecule has 1 aromatic carbocycles. The molecule has 19 heavy (non-hydrogen) atoms. The fourth-order valence-electron chi connectivity index (χ4n) is 1.95. The van der Waals surface area contributed by atoms with Crippen LogP contribution in [-0.4, -0.2) is 9.78 Å². The Balaban J connectivity index is 2.69. The van der Waals surface area contributed by atoms with Crippen LogP contribution in [0.3, 0.4) is 0 Å². The molecule has 2 N–H and O–H groups in total. The van der Waals surface area contributed by atoms with Gasteiger partial charge >= 0.3 is 0 Å². The average Bonchev–Trinajstić information content (AvgIpc) is 2.39. The van der Waals surface area contributed by atoms with Crippen molar-refractivity contribution in [1.29, 1.82) is 0 Å². The van der Waals surface area contributed by atoms with E-state index in [9.17, 15) is 9.18 Å². The summed E-state index contributed by atoms with van der Waals surface area (Å²) in [4.78, 5) is 12.0.